The zero-order valence-electron chi connectivity index (χ0n) is 13.7. The third-order valence-electron chi connectivity index (χ3n) is 6.41. The Kier molecular flexibility index (Phi) is 2.88. The highest BCUT2D eigenvalue weighted by Gasteiger charge is 2.53. The minimum absolute atomic E-state index is 0.221. The molecule has 0 radical (unpaired) electrons. The highest BCUT2D eigenvalue weighted by atomic mass is 15.2. The van der Waals surface area contributed by atoms with E-state index in [0.717, 1.165) is 40.5 Å². The van der Waals surface area contributed by atoms with Crippen molar-refractivity contribution in [2.45, 2.75) is 50.9 Å². The number of nitrogens with zero attached hydrogens (tertiary/aromatic N) is 3. The summed E-state index contributed by atoms with van der Waals surface area (Å²) in [6.45, 7) is 2.02. The molecule has 0 saturated heterocycles. The summed E-state index contributed by atoms with van der Waals surface area (Å²) in [5, 5.41) is 9.09. The zero-order valence-corrected chi connectivity index (χ0v) is 13.7. The van der Waals surface area contributed by atoms with E-state index >= 15 is 0 Å². The first kappa shape index (κ1) is 13.6. The standard InChI is InChI=1S/C20H23N3/c1-13-18(17-5-3-2-4-6-17)21-19(23-22-13)20-10-14-7-15(11-20)9-16(8-14)12-20/h2-6,14-16H,7-12H2,1H3. The molecule has 2 aromatic rings. The largest absolute Gasteiger partial charge is 0.228 e. The molecular formula is C20H23N3. The lowest BCUT2D eigenvalue weighted by Crippen LogP contribution is -2.49. The number of aromatic nitrogens is 3. The van der Waals surface area contributed by atoms with Crippen molar-refractivity contribution >= 4 is 0 Å². The molecule has 118 valence electrons. The monoisotopic (exact) mass is 305 g/mol. The number of rotatable bonds is 2. The molecule has 4 aliphatic carbocycles. The van der Waals surface area contributed by atoms with Crippen LogP contribution in [0.15, 0.2) is 30.3 Å². The van der Waals surface area contributed by atoms with Crippen LogP contribution in [0.25, 0.3) is 11.3 Å². The Morgan fingerprint density at radius 1 is 0.870 bits per heavy atom. The first-order valence-electron chi connectivity index (χ1n) is 8.99. The normalized spacial score (nSPS) is 34.7. The number of hydrogen-bond donors (Lipinski definition) is 0. The van der Waals surface area contributed by atoms with Crippen LogP contribution >= 0.6 is 0 Å². The Labute approximate surface area is 137 Å². The van der Waals surface area contributed by atoms with Crippen LogP contribution in [-0.4, -0.2) is 15.2 Å². The van der Waals surface area contributed by atoms with Crippen LogP contribution in [-0.2, 0) is 5.41 Å². The predicted octanol–water partition coefficient (Wildman–Crippen LogP) is 4.31. The fourth-order valence-corrected chi connectivity index (χ4v) is 5.86. The van der Waals surface area contributed by atoms with Gasteiger partial charge in [0.15, 0.2) is 5.82 Å². The fraction of sp³-hybridized carbons (Fsp3) is 0.550. The summed E-state index contributed by atoms with van der Waals surface area (Å²) >= 11 is 0. The third kappa shape index (κ3) is 2.13. The summed E-state index contributed by atoms with van der Waals surface area (Å²) in [5.41, 5.74) is 3.33. The van der Waals surface area contributed by atoms with E-state index in [-0.39, 0.29) is 5.41 Å². The third-order valence-corrected chi connectivity index (χ3v) is 6.41. The predicted molar refractivity (Wildman–Crippen MR) is 89.9 cm³/mol. The van der Waals surface area contributed by atoms with Crippen molar-refractivity contribution in [1.82, 2.24) is 15.2 Å². The van der Waals surface area contributed by atoms with Gasteiger partial charge >= 0.3 is 0 Å². The molecule has 4 bridgehead atoms. The summed E-state index contributed by atoms with van der Waals surface area (Å²) in [6, 6.07) is 10.4. The molecule has 1 heterocycles. The van der Waals surface area contributed by atoms with E-state index in [0.29, 0.717) is 0 Å². The van der Waals surface area contributed by atoms with Crippen molar-refractivity contribution in [2.75, 3.05) is 0 Å². The van der Waals surface area contributed by atoms with Crippen molar-refractivity contribution in [2.24, 2.45) is 17.8 Å². The van der Waals surface area contributed by atoms with Crippen molar-refractivity contribution in [3.63, 3.8) is 0 Å². The van der Waals surface area contributed by atoms with Gasteiger partial charge in [0, 0.05) is 11.0 Å². The van der Waals surface area contributed by atoms with E-state index in [1.54, 1.807) is 0 Å². The average molecular weight is 305 g/mol. The first-order chi connectivity index (χ1) is 11.2. The lowest BCUT2D eigenvalue weighted by Gasteiger charge is -2.55. The Bertz CT molecular complexity index is 703. The minimum Gasteiger partial charge on any atom is -0.228 e. The summed E-state index contributed by atoms with van der Waals surface area (Å²) in [6.07, 6.45) is 8.21. The molecule has 23 heavy (non-hydrogen) atoms. The van der Waals surface area contributed by atoms with Gasteiger partial charge in [0.1, 0.15) is 0 Å². The van der Waals surface area contributed by atoms with E-state index in [4.69, 9.17) is 4.98 Å². The molecule has 0 unspecified atom stereocenters. The molecule has 1 aromatic carbocycles. The van der Waals surface area contributed by atoms with Crippen LogP contribution in [0.3, 0.4) is 0 Å². The van der Waals surface area contributed by atoms with E-state index in [2.05, 4.69) is 34.5 Å². The lowest BCUT2D eigenvalue weighted by atomic mass is 9.49. The maximum atomic E-state index is 5.06. The highest BCUT2D eigenvalue weighted by molar-refractivity contribution is 5.60. The summed E-state index contributed by atoms with van der Waals surface area (Å²) in [4.78, 5) is 5.06. The summed E-state index contributed by atoms with van der Waals surface area (Å²) < 4.78 is 0. The number of benzene rings is 1. The van der Waals surface area contributed by atoms with E-state index in [1.807, 2.05) is 13.0 Å². The Morgan fingerprint density at radius 3 is 2.09 bits per heavy atom. The van der Waals surface area contributed by atoms with Crippen LogP contribution in [0.2, 0.25) is 0 Å². The molecule has 4 fully saturated rings. The zero-order chi connectivity index (χ0) is 15.4. The van der Waals surface area contributed by atoms with Gasteiger partial charge in [-0.3, -0.25) is 0 Å². The molecule has 4 saturated carbocycles. The molecular weight excluding hydrogens is 282 g/mol. The van der Waals surface area contributed by atoms with Crippen LogP contribution in [0, 0.1) is 24.7 Å². The van der Waals surface area contributed by atoms with Crippen LogP contribution in [0.4, 0.5) is 0 Å². The molecule has 0 amide bonds. The molecule has 0 atom stereocenters. The Balaban J connectivity index is 1.59. The van der Waals surface area contributed by atoms with Crippen LogP contribution in [0.5, 0.6) is 0 Å². The van der Waals surface area contributed by atoms with Gasteiger partial charge in [-0.1, -0.05) is 30.3 Å². The summed E-state index contributed by atoms with van der Waals surface area (Å²) in [5.74, 6) is 3.75. The molecule has 6 rings (SSSR count). The van der Waals surface area contributed by atoms with Gasteiger partial charge in [-0.2, -0.15) is 5.10 Å². The molecule has 0 N–H and O–H groups in total. The van der Waals surface area contributed by atoms with Gasteiger partial charge in [-0.05, 0) is 63.2 Å². The van der Waals surface area contributed by atoms with E-state index in [1.165, 1.54) is 38.5 Å². The maximum Gasteiger partial charge on any atom is 0.157 e. The highest BCUT2D eigenvalue weighted by Crippen LogP contribution is 2.60. The van der Waals surface area contributed by atoms with E-state index < -0.39 is 0 Å². The SMILES string of the molecule is Cc1nnc(C23CC4CC(CC(C4)C2)C3)nc1-c1ccccc1. The van der Waals surface area contributed by atoms with Gasteiger partial charge < -0.3 is 0 Å². The van der Waals surface area contributed by atoms with Crippen molar-refractivity contribution in [1.29, 1.82) is 0 Å². The topological polar surface area (TPSA) is 38.7 Å². The molecule has 0 aliphatic heterocycles. The van der Waals surface area contributed by atoms with Gasteiger partial charge in [-0.15, -0.1) is 5.10 Å². The van der Waals surface area contributed by atoms with Crippen LogP contribution < -0.4 is 0 Å². The molecule has 3 heteroatoms. The first-order valence-corrected chi connectivity index (χ1v) is 8.99. The number of hydrogen-bond acceptors (Lipinski definition) is 3. The second kappa shape index (κ2) is 4.86. The Hall–Kier alpha value is -1.77. The number of aryl methyl sites for hydroxylation is 1. The summed E-state index contributed by atoms with van der Waals surface area (Å²) in [7, 11) is 0. The molecule has 4 aliphatic rings. The van der Waals surface area contributed by atoms with Crippen molar-refractivity contribution in [3.05, 3.63) is 41.9 Å². The van der Waals surface area contributed by atoms with Crippen LogP contribution in [0.1, 0.15) is 50.0 Å². The minimum atomic E-state index is 0.221. The van der Waals surface area contributed by atoms with Gasteiger partial charge in [0.2, 0.25) is 0 Å². The molecule has 3 nitrogen and oxygen atoms in total. The Morgan fingerprint density at radius 2 is 1.48 bits per heavy atom. The second-order valence-corrected chi connectivity index (χ2v) is 8.13. The maximum absolute atomic E-state index is 5.06. The van der Waals surface area contributed by atoms with Crippen molar-refractivity contribution < 1.29 is 0 Å². The van der Waals surface area contributed by atoms with E-state index in [9.17, 15) is 0 Å². The van der Waals surface area contributed by atoms with Crippen molar-refractivity contribution in [3.8, 4) is 11.3 Å². The fourth-order valence-electron chi connectivity index (χ4n) is 5.86. The second-order valence-electron chi connectivity index (χ2n) is 8.13. The molecule has 1 aromatic heterocycles. The lowest BCUT2D eigenvalue weighted by molar-refractivity contribution is -0.00982. The van der Waals surface area contributed by atoms with Gasteiger partial charge in [-0.25, -0.2) is 4.98 Å². The molecule has 0 spiro atoms. The quantitative estimate of drug-likeness (QED) is 0.829. The smallest absolute Gasteiger partial charge is 0.157 e. The average Bonchev–Trinajstić information content (AvgIpc) is 2.55. The van der Waals surface area contributed by atoms with Gasteiger partial charge in [0.05, 0.1) is 11.4 Å². The van der Waals surface area contributed by atoms with Gasteiger partial charge in [0.25, 0.3) is 0 Å².